The normalized spacial score (nSPS) is 11.3. The predicted molar refractivity (Wildman–Crippen MR) is 82.7 cm³/mol. The minimum absolute atomic E-state index is 0.167. The van der Waals surface area contributed by atoms with Crippen molar-refractivity contribution in [2.75, 3.05) is 5.32 Å². The fourth-order valence-corrected chi connectivity index (χ4v) is 2.11. The number of carbonyl (C=O) groups excluding carboxylic acids is 1. The number of rotatable bonds is 4. The Balaban J connectivity index is 2.07. The molecular weight excluding hydrogens is 281 g/mol. The number of amides is 2. The highest BCUT2D eigenvalue weighted by atomic mass is 19.1. The molecule has 0 heterocycles. The van der Waals surface area contributed by atoms with Gasteiger partial charge in [-0.25, -0.2) is 9.18 Å². The first-order valence-corrected chi connectivity index (χ1v) is 6.85. The lowest BCUT2D eigenvalue weighted by Gasteiger charge is -2.17. The SMILES string of the molecule is Cc1cc(F)ccc1NC(=O)N[C@@H](CC#N)c1ccccc1. The van der Waals surface area contributed by atoms with Gasteiger partial charge in [0, 0.05) is 5.69 Å². The average molecular weight is 297 g/mol. The summed E-state index contributed by atoms with van der Waals surface area (Å²) in [6, 6.07) is 14.6. The molecule has 4 nitrogen and oxygen atoms in total. The topological polar surface area (TPSA) is 64.9 Å². The first kappa shape index (κ1) is 15.5. The molecule has 0 spiro atoms. The summed E-state index contributed by atoms with van der Waals surface area (Å²) in [7, 11) is 0. The fourth-order valence-electron chi connectivity index (χ4n) is 2.11. The lowest BCUT2D eigenvalue weighted by Crippen LogP contribution is -2.32. The van der Waals surface area contributed by atoms with Crippen LogP contribution < -0.4 is 10.6 Å². The molecule has 0 aliphatic carbocycles. The molecule has 0 saturated carbocycles. The quantitative estimate of drug-likeness (QED) is 0.898. The minimum Gasteiger partial charge on any atom is -0.330 e. The van der Waals surface area contributed by atoms with Crippen LogP contribution in [0.3, 0.4) is 0 Å². The van der Waals surface area contributed by atoms with E-state index in [1.54, 1.807) is 6.92 Å². The van der Waals surface area contributed by atoms with E-state index in [1.807, 2.05) is 30.3 Å². The summed E-state index contributed by atoms with van der Waals surface area (Å²) in [5, 5.41) is 14.3. The van der Waals surface area contributed by atoms with E-state index in [0.717, 1.165) is 5.56 Å². The Labute approximate surface area is 128 Å². The summed E-state index contributed by atoms with van der Waals surface area (Å²) in [5.41, 5.74) is 2.02. The van der Waals surface area contributed by atoms with Crippen LogP contribution >= 0.6 is 0 Å². The van der Waals surface area contributed by atoms with Crippen molar-refractivity contribution in [3.05, 3.63) is 65.5 Å². The molecule has 2 N–H and O–H groups in total. The summed E-state index contributed by atoms with van der Waals surface area (Å²) in [5.74, 6) is -0.352. The maximum Gasteiger partial charge on any atom is 0.319 e. The molecule has 2 rings (SSSR count). The standard InChI is InChI=1S/C17H16FN3O/c1-12-11-14(18)7-8-15(12)20-17(22)21-16(9-10-19)13-5-3-2-4-6-13/h2-8,11,16H,9H2,1H3,(H2,20,21,22)/t16-/m0/s1. The molecule has 2 aromatic rings. The van der Waals surface area contributed by atoms with Crippen LogP contribution in [0.1, 0.15) is 23.6 Å². The van der Waals surface area contributed by atoms with Gasteiger partial charge in [0.2, 0.25) is 0 Å². The molecule has 0 aromatic heterocycles. The molecule has 1 atom stereocenters. The molecule has 0 saturated heterocycles. The summed E-state index contributed by atoms with van der Waals surface area (Å²) >= 11 is 0. The van der Waals surface area contributed by atoms with Crippen molar-refractivity contribution in [1.82, 2.24) is 5.32 Å². The van der Waals surface area contributed by atoms with Crippen molar-refractivity contribution in [2.45, 2.75) is 19.4 Å². The van der Waals surface area contributed by atoms with Crippen molar-refractivity contribution >= 4 is 11.7 Å². The Hall–Kier alpha value is -2.87. The zero-order chi connectivity index (χ0) is 15.9. The van der Waals surface area contributed by atoms with Crippen LogP contribution in [0.5, 0.6) is 0 Å². The summed E-state index contributed by atoms with van der Waals surface area (Å²) in [6.45, 7) is 1.71. The third kappa shape index (κ3) is 4.06. The van der Waals surface area contributed by atoms with Crippen LogP contribution in [0, 0.1) is 24.1 Å². The number of halogens is 1. The Kier molecular flexibility index (Phi) is 5.10. The second-order valence-corrected chi connectivity index (χ2v) is 4.88. The zero-order valence-electron chi connectivity index (χ0n) is 12.1. The molecule has 0 radical (unpaired) electrons. The van der Waals surface area contributed by atoms with Crippen molar-refractivity contribution in [1.29, 1.82) is 5.26 Å². The molecule has 5 heteroatoms. The van der Waals surface area contributed by atoms with E-state index < -0.39 is 12.1 Å². The number of benzene rings is 2. The van der Waals surface area contributed by atoms with E-state index in [9.17, 15) is 9.18 Å². The highest BCUT2D eigenvalue weighted by Crippen LogP contribution is 2.18. The number of carbonyl (C=O) groups is 1. The minimum atomic E-state index is -0.432. The first-order chi connectivity index (χ1) is 10.6. The molecule has 0 aliphatic heterocycles. The van der Waals surface area contributed by atoms with E-state index >= 15 is 0 Å². The number of nitrogens with zero attached hydrogens (tertiary/aromatic N) is 1. The third-order valence-corrected chi connectivity index (χ3v) is 3.24. The molecule has 112 valence electrons. The molecule has 0 bridgehead atoms. The maximum atomic E-state index is 13.1. The Morgan fingerprint density at radius 1 is 1.27 bits per heavy atom. The lowest BCUT2D eigenvalue weighted by molar-refractivity contribution is 0.248. The number of aryl methyl sites for hydroxylation is 1. The van der Waals surface area contributed by atoms with Gasteiger partial charge < -0.3 is 10.6 Å². The summed E-state index contributed by atoms with van der Waals surface area (Å²) in [4.78, 5) is 12.1. The van der Waals surface area contributed by atoms with Gasteiger partial charge in [0.1, 0.15) is 5.82 Å². The predicted octanol–water partition coefficient (Wildman–Crippen LogP) is 3.91. The van der Waals surface area contributed by atoms with Gasteiger partial charge in [0.15, 0.2) is 0 Å². The lowest BCUT2D eigenvalue weighted by atomic mass is 10.0. The first-order valence-electron chi connectivity index (χ1n) is 6.85. The highest BCUT2D eigenvalue weighted by Gasteiger charge is 2.14. The van der Waals surface area contributed by atoms with E-state index in [-0.39, 0.29) is 12.2 Å². The van der Waals surface area contributed by atoms with Crippen LogP contribution in [0.4, 0.5) is 14.9 Å². The largest absolute Gasteiger partial charge is 0.330 e. The van der Waals surface area contributed by atoms with Crippen LogP contribution in [-0.2, 0) is 0 Å². The number of nitriles is 1. The van der Waals surface area contributed by atoms with E-state index in [4.69, 9.17) is 5.26 Å². The molecule has 22 heavy (non-hydrogen) atoms. The van der Waals surface area contributed by atoms with Crippen molar-refractivity contribution in [3.63, 3.8) is 0 Å². The monoisotopic (exact) mass is 297 g/mol. The van der Waals surface area contributed by atoms with Gasteiger partial charge in [0.05, 0.1) is 18.5 Å². The van der Waals surface area contributed by atoms with Gasteiger partial charge in [-0.3, -0.25) is 0 Å². The zero-order valence-corrected chi connectivity index (χ0v) is 12.1. The Bertz CT molecular complexity index is 695. The number of nitrogens with one attached hydrogen (secondary N) is 2. The van der Waals surface area contributed by atoms with Gasteiger partial charge in [-0.05, 0) is 36.2 Å². The summed E-state index contributed by atoms with van der Waals surface area (Å²) < 4.78 is 13.1. The van der Waals surface area contributed by atoms with Crippen molar-refractivity contribution in [3.8, 4) is 6.07 Å². The van der Waals surface area contributed by atoms with Crippen LogP contribution in [0.2, 0.25) is 0 Å². The number of urea groups is 1. The maximum absolute atomic E-state index is 13.1. The van der Waals surface area contributed by atoms with Gasteiger partial charge >= 0.3 is 6.03 Å². The van der Waals surface area contributed by atoms with Crippen molar-refractivity contribution < 1.29 is 9.18 Å². The van der Waals surface area contributed by atoms with Crippen LogP contribution in [-0.4, -0.2) is 6.03 Å². The van der Waals surface area contributed by atoms with E-state index in [2.05, 4.69) is 16.7 Å². The molecular formula is C17H16FN3O. The van der Waals surface area contributed by atoms with Gasteiger partial charge in [-0.2, -0.15) is 5.26 Å². The number of hydrogen-bond donors (Lipinski definition) is 2. The Morgan fingerprint density at radius 3 is 2.64 bits per heavy atom. The molecule has 2 aromatic carbocycles. The third-order valence-electron chi connectivity index (χ3n) is 3.24. The summed E-state index contributed by atoms with van der Waals surface area (Å²) in [6.07, 6.45) is 0.167. The fraction of sp³-hybridized carbons (Fsp3) is 0.176. The van der Waals surface area contributed by atoms with Crippen LogP contribution in [0.25, 0.3) is 0 Å². The average Bonchev–Trinajstić information content (AvgIpc) is 2.50. The highest BCUT2D eigenvalue weighted by molar-refractivity contribution is 5.90. The molecule has 0 aliphatic rings. The van der Waals surface area contributed by atoms with Crippen LogP contribution in [0.15, 0.2) is 48.5 Å². The molecule has 0 unspecified atom stereocenters. The van der Waals surface area contributed by atoms with E-state index in [1.165, 1.54) is 18.2 Å². The molecule has 0 fully saturated rings. The van der Waals surface area contributed by atoms with Gasteiger partial charge in [0.25, 0.3) is 0 Å². The van der Waals surface area contributed by atoms with Gasteiger partial charge in [-0.1, -0.05) is 30.3 Å². The van der Waals surface area contributed by atoms with E-state index in [0.29, 0.717) is 11.3 Å². The van der Waals surface area contributed by atoms with Crippen molar-refractivity contribution in [2.24, 2.45) is 0 Å². The molecule has 2 amide bonds. The smallest absolute Gasteiger partial charge is 0.319 e. The van der Waals surface area contributed by atoms with Gasteiger partial charge in [-0.15, -0.1) is 0 Å². The number of hydrogen-bond acceptors (Lipinski definition) is 2. The Morgan fingerprint density at radius 2 is 2.00 bits per heavy atom. The second kappa shape index (κ2) is 7.23. The second-order valence-electron chi connectivity index (χ2n) is 4.88. The number of anilines is 1.